The van der Waals surface area contributed by atoms with Gasteiger partial charge in [-0.15, -0.1) is 0 Å². The zero-order valence-electron chi connectivity index (χ0n) is 10.3. The third kappa shape index (κ3) is 1.83. The highest BCUT2D eigenvalue weighted by Crippen LogP contribution is 2.23. The molecule has 0 radical (unpaired) electrons. The van der Waals surface area contributed by atoms with Gasteiger partial charge in [0.15, 0.2) is 0 Å². The van der Waals surface area contributed by atoms with Gasteiger partial charge in [0, 0.05) is 6.42 Å². The van der Waals surface area contributed by atoms with Crippen molar-refractivity contribution in [2.75, 3.05) is 0 Å². The first kappa shape index (κ1) is 12.3. The Morgan fingerprint density at radius 3 is 2.25 bits per heavy atom. The monoisotopic (exact) mass is 274 g/mol. The number of carbonyl (C=O) groups is 4. The van der Waals surface area contributed by atoms with Crippen LogP contribution in [0, 0.1) is 0 Å². The van der Waals surface area contributed by atoms with E-state index in [0.717, 1.165) is 0 Å². The zero-order chi connectivity index (χ0) is 14.3. The highest BCUT2D eigenvalue weighted by atomic mass is 16.7. The topological polar surface area (TPSA) is 92.8 Å². The number of nitrogens with zero attached hydrogens (tertiary/aromatic N) is 1. The summed E-state index contributed by atoms with van der Waals surface area (Å²) in [5.74, 6) is -2.42. The first-order chi connectivity index (χ1) is 9.58. The van der Waals surface area contributed by atoms with Gasteiger partial charge in [-0.3, -0.25) is 14.4 Å². The Bertz CT molecular complexity index is 604. The van der Waals surface area contributed by atoms with Crippen LogP contribution in [0.25, 0.3) is 0 Å². The van der Waals surface area contributed by atoms with Crippen molar-refractivity contribution >= 4 is 23.7 Å². The SMILES string of the molecule is O=C1CCC(C(=O)ON2C(=O)c3ccccc3C2=O)N1. The molecule has 1 saturated heterocycles. The summed E-state index contributed by atoms with van der Waals surface area (Å²) < 4.78 is 0. The molecule has 20 heavy (non-hydrogen) atoms. The second-order valence-electron chi connectivity index (χ2n) is 4.52. The van der Waals surface area contributed by atoms with Crippen molar-refractivity contribution in [2.45, 2.75) is 18.9 Å². The lowest BCUT2D eigenvalue weighted by atomic mass is 10.1. The second kappa shape index (κ2) is 4.44. The summed E-state index contributed by atoms with van der Waals surface area (Å²) in [6.07, 6.45) is 0.517. The lowest BCUT2D eigenvalue weighted by molar-refractivity contribution is -0.171. The van der Waals surface area contributed by atoms with Crippen LogP contribution in [0.3, 0.4) is 0 Å². The van der Waals surface area contributed by atoms with Crippen LogP contribution in [-0.4, -0.2) is 34.8 Å². The minimum atomic E-state index is -0.814. The van der Waals surface area contributed by atoms with Crippen LogP contribution in [0.2, 0.25) is 0 Å². The van der Waals surface area contributed by atoms with Gasteiger partial charge in [-0.1, -0.05) is 17.2 Å². The molecule has 102 valence electrons. The second-order valence-corrected chi connectivity index (χ2v) is 4.52. The molecule has 2 aliphatic rings. The Labute approximate surface area is 113 Å². The molecule has 0 bridgehead atoms. The normalized spacial score (nSPS) is 20.9. The molecule has 1 fully saturated rings. The lowest BCUT2D eigenvalue weighted by Crippen LogP contribution is -2.41. The zero-order valence-corrected chi connectivity index (χ0v) is 10.3. The van der Waals surface area contributed by atoms with Crippen LogP contribution < -0.4 is 5.32 Å². The minimum Gasteiger partial charge on any atom is -0.343 e. The van der Waals surface area contributed by atoms with Gasteiger partial charge in [-0.05, 0) is 18.6 Å². The van der Waals surface area contributed by atoms with E-state index in [1.807, 2.05) is 0 Å². The maximum absolute atomic E-state index is 12.0. The fraction of sp³-hybridized carbons (Fsp3) is 0.231. The summed E-state index contributed by atoms with van der Waals surface area (Å²) in [6, 6.07) is 5.40. The van der Waals surface area contributed by atoms with E-state index in [1.165, 1.54) is 12.1 Å². The van der Waals surface area contributed by atoms with E-state index in [2.05, 4.69) is 5.32 Å². The van der Waals surface area contributed by atoms with E-state index in [0.29, 0.717) is 11.5 Å². The van der Waals surface area contributed by atoms with E-state index in [4.69, 9.17) is 4.84 Å². The molecule has 0 aromatic heterocycles. The fourth-order valence-electron chi connectivity index (χ4n) is 2.19. The third-order valence-corrected chi connectivity index (χ3v) is 3.22. The fourth-order valence-corrected chi connectivity index (χ4v) is 2.19. The van der Waals surface area contributed by atoms with E-state index >= 15 is 0 Å². The number of amides is 3. The average Bonchev–Trinajstić information content (AvgIpc) is 2.98. The summed E-state index contributed by atoms with van der Waals surface area (Å²) in [6.45, 7) is 0. The maximum atomic E-state index is 12.0. The van der Waals surface area contributed by atoms with Crippen LogP contribution >= 0.6 is 0 Å². The minimum absolute atomic E-state index is 0.195. The van der Waals surface area contributed by atoms with E-state index in [-0.39, 0.29) is 23.5 Å². The van der Waals surface area contributed by atoms with Crippen LogP contribution in [0.5, 0.6) is 0 Å². The van der Waals surface area contributed by atoms with Crippen molar-refractivity contribution in [1.82, 2.24) is 10.4 Å². The Kier molecular flexibility index (Phi) is 2.74. The molecule has 1 unspecified atom stereocenters. The number of rotatable bonds is 2. The number of hydrogen-bond donors (Lipinski definition) is 1. The highest BCUT2D eigenvalue weighted by molar-refractivity contribution is 6.20. The van der Waals surface area contributed by atoms with Crippen molar-refractivity contribution in [3.05, 3.63) is 35.4 Å². The quantitative estimate of drug-likeness (QED) is 0.767. The summed E-state index contributed by atoms with van der Waals surface area (Å²) in [5, 5.41) is 2.86. The number of imide groups is 1. The van der Waals surface area contributed by atoms with Crippen LogP contribution in [0.4, 0.5) is 0 Å². The van der Waals surface area contributed by atoms with Crippen molar-refractivity contribution in [1.29, 1.82) is 0 Å². The van der Waals surface area contributed by atoms with E-state index in [9.17, 15) is 19.2 Å². The predicted octanol–water partition coefficient (Wildman–Crippen LogP) is 0.0194. The molecule has 1 aromatic carbocycles. The molecule has 1 atom stereocenters. The predicted molar refractivity (Wildman–Crippen MR) is 64.2 cm³/mol. The molecule has 0 spiro atoms. The summed E-state index contributed by atoms with van der Waals surface area (Å²) in [7, 11) is 0. The van der Waals surface area contributed by atoms with Crippen molar-refractivity contribution < 1.29 is 24.0 Å². The van der Waals surface area contributed by atoms with Crippen LogP contribution in [-0.2, 0) is 14.4 Å². The molecule has 7 nitrogen and oxygen atoms in total. The summed E-state index contributed by atoms with van der Waals surface area (Å²) >= 11 is 0. The molecule has 2 aliphatic heterocycles. The first-order valence-corrected chi connectivity index (χ1v) is 6.07. The maximum Gasteiger partial charge on any atom is 0.355 e. The Morgan fingerprint density at radius 1 is 1.15 bits per heavy atom. The molecular weight excluding hydrogens is 264 g/mol. The van der Waals surface area contributed by atoms with E-state index in [1.54, 1.807) is 12.1 Å². The molecule has 7 heteroatoms. The van der Waals surface area contributed by atoms with Gasteiger partial charge in [-0.25, -0.2) is 4.79 Å². The molecule has 3 rings (SSSR count). The number of fused-ring (bicyclic) bond motifs is 1. The molecule has 0 saturated carbocycles. The Morgan fingerprint density at radius 2 is 1.75 bits per heavy atom. The number of benzene rings is 1. The van der Waals surface area contributed by atoms with E-state index < -0.39 is 23.8 Å². The molecule has 3 amide bonds. The third-order valence-electron chi connectivity index (χ3n) is 3.22. The van der Waals surface area contributed by atoms with Gasteiger partial charge in [-0.2, -0.15) is 0 Å². The molecule has 2 heterocycles. The van der Waals surface area contributed by atoms with Gasteiger partial charge < -0.3 is 10.2 Å². The number of hydrogen-bond acceptors (Lipinski definition) is 5. The molecular formula is C13H10N2O5. The van der Waals surface area contributed by atoms with Gasteiger partial charge in [0.2, 0.25) is 5.91 Å². The molecule has 1 N–H and O–H groups in total. The first-order valence-electron chi connectivity index (χ1n) is 6.07. The summed E-state index contributed by atoms with van der Waals surface area (Å²) in [5.41, 5.74) is 0.390. The largest absolute Gasteiger partial charge is 0.355 e. The number of nitrogens with one attached hydrogen (secondary N) is 1. The average molecular weight is 274 g/mol. The molecule has 1 aromatic rings. The Balaban J connectivity index is 1.77. The van der Waals surface area contributed by atoms with Crippen molar-refractivity contribution in [3.8, 4) is 0 Å². The number of hydroxylamine groups is 2. The standard InChI is InChI=1S/C13H10N2O5/c16-10-6-5-9(14-10)13(19)20-15-11(17)7-3-1-2-4-8(7)12(15)18/h1-4,9H,5-6H2,(H,14,16). The Hall–Kier alpha value is -2.70. The van der Waals surface area contributed by atoms with Gasteiger partial charge in [0.25, 0.3) is 11.8 Å². The van der Waals surface area contributed by atoms with Gasteiger partial charge in [0.1, 0.15) is 6.04 Å². The van der Waals surface area contributed by atoms with Crippen molar-refractivity contribution in [3.63, 3.8) is 0 Å². The van der Waals surface area contributed by atoms with Gasteiger partial charge >= 0.3 is 5.97 Å². The number of carbonyl (C=O) groups excluding carboxylic acids is 4. The van der Waals surface area contributed by atoms with Crippen LogP contribution in [0.15, 0.2) is 24.3 Å². The summed E-state index contributed by atoms with van der Waals surface area (Å²) in [4.78, 5) is 51.6. The van der Waals surface area contributed by atoms with Crippen molar-refractivity contribution in [2.24, 2.45) is 0 Å². The highest BCUT2D eigenvalue weighted by Gasteiger charge is 2.40. The smallest absolute Gasteiger partial charge is 0.343 e. The van der Waals surface area contributed by atoms with Crippen LogP contribution in [0.1, 0.15) is 33.6 Å². The lowest BCUT2D eigenvalue weighted by Gasteiger charge is -2.15. The van der Waals surface area contributed by atoms with Gasteiger partial charge in [0.05, 0.1) is 11.1 Å². The molecule has 0 aliphatic carbocycles.